The molecule has 1 atom stereocenters. The summed E-state index contributed by atoms with van der Waals surface area (Å²) in [6, 6.07) is 17.9. The van der Waals surface area contributed by atoms with Gasteiger partial charge in [0.2, 0.25) is 11.8 Å². The second kappa shape index (κ2) is 35.4. The zero-order valence-electron chi connectivity index (χ0n) is 76.0. The fraction of sp³-hybridized carbons (Fsp3) is 0.394. The maximum atomic E-state index is 14.3. The molecule has 0 spiro atoms. The minimum absolute atomic E-state index is 0.0154. The Morgan fingerprint density at radius 3 is 1.14 bits per heavy atom. The molecule has 27 nitrogen and oxygen atoms in total. The van der Waals surface area contributed by atoms with Gasteiger partial charge in [0.15, 0.2) is 0 Å². The van der Waals surface area contributed by atoms with Crippen molar-refractivity contribution in [3.63, 3.8) is 0 Å². The van der Waals surface area contributed by atoms with Crippen molar-refractivity contribution in [1.29, 1.82) is 0 Å². The number of alkyl halides is 5. The number of hydrogen-bond acceptors (Lipinski definition) is 18. The molecule has 4 aliphatic carbocycles. The van der Waals surface area contributed by atoms with E-state index in [1.807, 2.05) is 186 Å². The van der Waals surface area contributed by atoms with E-state index in [2.05, 4.69) is 73.8 Å². The molecule has 1 N–H and O–H groups in total. The van der Waals surface area contributed by atoms with Crippen molar-refractivity contribution in [2.75, 3.05) is 0 Å². The SMILES string of the molecule is Cc1noc(C)c1-c1cnc2c(-c3cnn(C(F)F)c3)cn(CC3CCC(C)(F)CC3)c2c1.Cc1noc(C)c1-c1cnc2c(-c3cnn(C)c3)cn(C(=O)C3CCC(C)(F)CC3)c2c1.Cc1noc(C)c1-c1cnc2c(-c3cnn(C)c3)cn(C(C(=O)NC3CC3)c3ccccc3)c2c1.Cc1noc(C)c1-c1cnc2c(-c3cnn(C)c3)cn(CC3CCC(C)(F)CC3)c2c1. The number of fused-ring (bicyclic) bond motifs is 4. The highest BCUT2D eigenvalue weighted by Crippen LogP contribution is 2.45. The monoisotopic (exact) mass is 1780 g/mol. The molecule has 0 bridgehead atoms. The molecule has 21 rings (SSSR count). The summed E-state index contributed by atoms with van der Waals surface area (Å²) in [4.78, 5) is 46.4. The van der Waals surface area contributed by atoms with E-state index in [0.717, 1.165) is 207 Å². The van der Waals surface area contributed by atoms with E-state index in [0.29, 0.717) is 97.0 Å². The number of aromatic nitrogens is 20. The van der Waals surface area contributed by atoms with Crippen LogP contribution in [-0.2, 0) is 39.0 Å². The van der Waals surface area contributed by atoms with E-state index < -0.39 is 29.6 Å². The molecule has 0 radical (unpaired) electrons. The maximum absolute atomic E-state index is 14.3. The van der Waals surface area contributed by atoms with Gasteiger partial charge in [0.05, 0.1) is 91.7 Å². The summed E-state index contributed by atoms with van der Waals surface area (Å²) in [6.45, 7) is 19.1. The molecule has 16 heterocycles. The molecule has 1 amide bonds. The van der Waals surface area contributed by atoms with Crippen molar-refractivity contribution in [2.24, 2.45) is 38.9 Å². The molecule has 4 saturated carbocycles. The lowest BCUT2D eigenvalue weighted by Gasteiger charge is -2.31. The summed E-state index contributed by atoms with van der Waals surface area (Å²) in [5, 5.41) is 36.3. The standard InChI is InChI=1S/C27H26N6O2.C24H26F3N5O.C24H26FN5O2.C24H28FN5O/c1-16-24(17(2)35-31-16)19-11-23-25(28-12-19)22(20-13-29-32(3)14-20)15-33(23)26(18-7-5-4-6-8-18)27(34)30-21-9-10-21;1-14-21(15(2)33-30-14)17-8-20-22(28-9-17)19(18-10-29-32(12-18)23(25)26)13-31(20)11-16-4-6-24(3,27)7-5-16;1-14-21(15(2)32-28-14)17-9-20-22(26-10-17)19(18-11-27-29(4)12-18)13-30(20)23(31)16-5-7-24(3,25)8-6-16;1-15-22(16(2)31-28-15)18-9-21-23(26-10-18)20(19-11-27-29(4)13-19)14-30(21)12-17-5-7-24(3,25)8-6-17/h4-8,11-15,21,26H,9-10H2,1-3H3,(H,30,34);8-10,12-13,16,23H,4-7,11H2,1-3H3;9-13,16H,5-8H2,1-4H3;9-11,13-14,17H,5-8,12H2,1-4H3. The van der Waals surface area contributed by atoms with Crippen molar-refractivity contribution in [1.82, 2.24) is 103 Å². The Morgan fingerprint density at radius 1 is 0.420 bits per heavy atom. The van der Waals surface area contributed by atoms with Crippen LogP contribution in [0.5, 0.6) is 0 Å². The Balaban J connectivity index is 0.000000117. The van der Waals surface area contributed by atoms with E-state index in [-0.39, 0.29) is 23.8 Å². The first-order chi connectivity index (χ1) is 62.7. The molecule has 131 heavy (non-hydrogen) atoms. The van der Waals surface area contributed by atoms with Crippen LogP contribution in [0, 0.1) is 73.1 Å². The second-order valence-electron chi connectivity index (χ2n) is 36.9. The first-order valence-electron chi connectivity index (χ1n) is 44.7. The van der Waals surface area contributed by atoms with Crippen LogP contribution >= 0.6 is 0 Å². The lowest BCUT2D eigenvalue weighted by molar-refractivity contribution is -0.123. The van der Waals surface area contributed by atoms with E-state index in [4.69, 9.17) is 38.0 Å². The normalized spacial score (nSPS) is 19.6. The molecule has 1 unspecified atom stereocenters. The Morgan fingerprint density at radius 2 is 0.771 bits per heavy atom. The molecule has 17 aromatic rings. The van der Waals surface area contributed by atoms with Crippen molar-refractivity contribution in [3.8, 4) is 89.0 Å². The zero-order chi connectivity index (χ0) is 91.8. The lowest BCUT2D eigenvalue weighted by Crippen LogP contribution is -2.34. The Kier molecular flexibility index (Phi) is 23.8. The fourth-order valence-corrected chi connectivity index (χ4v) is 19.2. The van der Waals surface area contributed by atoms with E-state index in [1.165, 1.54) is 12.4 Å². The van der Waals surface area contributed by atoms with Gasteiger partial charge in [0.25, 0.3) is 0 Å². The highest BCUT2D eigenvalue weighted by atomic mass is 19.3. The molecule has 0 saturated heterocycles. The second-order valence-corrected chi connectivity index (χ2v) is 36.9. The zero-order valence-corrected chi connectivity index (χ0v) is 76.0. The highest BCUT2D eigenvalue weighted by molar-refractivity contribution is 6.03. The third-order valence-electron chi connectivity index (χ3n) is 26.6. The lowest BCUT2D eigenvalue weighted by atomic mass is 9.80. The van der Waals surface area contributed by atoms with Gasteiger partial charge < -0.3 is 37.1 Å². The van der Waals surface area contributed by atoms with E-state index in [1.54, 1.807) is 58.0 Å². The number of benzene rings is 1. The van der Waals surface area contributed by atoms with Crippen molar-refractivity contribution < 1.29 is 49.6 Å². The highest BCUT2D eigenvalue weighted by Gasteiger charge is 2.38. The molecular formula is C99H106F5N21O6. The number of amides is 1. The average molecular weight is 1780 g/mol. The molecule has 1 aromatic carbocycles. The molecule has 16 aromatic heterocycles. The predicted octanol–water partition coefficient (Wildman–Crippen LogP) is 22.0. The molecule has 4 aliphatic rings. The van der Waals surface area contributed by atoms with E-state index >= 15 is 0 Å². The van der Waals surface area contributed by atoms with Gasteiger partial charge in [-0.15, -0.1) is 0 Å². The summed E-state index contributed by atoms with van der Waals surface area (Å²) in [6.07, 6.45) is 39.2. The van der Waals surface area contributed by atoms with Crippen LogP contribution in [0.25, 0.3) is 133 Å². The minimum Gasteiger partial charge on any atom is -0.361 e. The van der Waals surface area contributed by atoms with Crippen LogP contribution in [0.15, 0.2) is 172 Å². The number of aryl methyl sites for hydroxylation is 11. The van der Waals surface area contributed by atoms with Gasteiger partial charge in [-0.05, 0) is 208 Å². The third kappa shape index (κ3) is 18.2. The average Bonchev–Trinajstić information content (AvgIpc) is 1.61. The van der Waals surface area contributed by atoms with Crippen molar-refractivity contribution >= 4 is 55.9 Å². The summed E-state index contributed by atoms with van der Waals surface area (Å²) in [5.41, 5.74) is 22.0. The number of rotatable bonds is 18. The van der Waals surface area contributed by atoms with Crippen LogP contribution in [0.3, 0.4) is 0 Å². The van der Waals surface area contributed by atoms with Crippen molar-refractivity contribution in [2.45, 2.75) is 215 Å². The Bertz CT molecular complexity index is 6980. The summed E-state index contributed by atoms with van der Waals surface area (Å²) in [7, 11) is 5.66. The van der Waals surface area contributed by atoms with Gasteiger partial charge >= 0.3 is 6.55 Å². The number of carbonyl (C=O) groups is 2. The van der Waals surface area contributed by atoms with Gasteiger partial charge in [-0.3, -0.25) is 48.1 Å². The first-order valence-corrected chi connectivity index (χ1v) is 44.7. The van der Waals surface area contributed by atoms with Gasteiger partial charge in [-0.25, -0.2) is 17.9 Å². The number of hydrogen-bond donors (Lipinski definition) is 1. The molecular weight excluding hydrogens is 1670 g/mol. The molecule has 0 aliphatic heterocycles. The summed E-state index contributed by atoms with van der Waals surface area (Å²) >= 11 is 0. The van der Waals surface area contributed by atoms with Crippen LogP contribution in [0.2, 0.25) is 0 Å². The first kappa shape index (κ1) is 88.1. The number of nitrogens with zero attached hydrogens (tertiary/aromatic N) is 20. The summed E-state index contributed by atoms with van der Waals surface area (Å²) < 4.78 is 105. The predicted molar refractivity (Wildman–Crippen MR) is 489 cm³/mol. The van der Waals surface area contributed by atoms with Gasteiger partial charge in [0.1, 0.15) is 46.1 Å². The minimum atomic E-state index is -2.71. The van der Waals surface area contributed by atoms with Crippen LogP contribution in [0.4, 0.5) is 22.0 Å². The third-order valence-corrected chi connectivity index (χ3v) is 26.6. The number of halogens is 5. The molecule has 32 heteroatoms. The van der Waals surface area contributed by atoms with Gasteiger partial charge in [-0.2, -0.15) is 29.2 Å². The smallest absolute Gasteiger partial charge is 0.333 e. The van der Waals surface area contributed by atoms with Gasteiger partial charge in [-0.1, -0.05) is 51.0 Å². The van der Waals surface area contributed by atoms with Crippen LogP contribution in [-0.4, -0.2) is 133 Å². The Hall–Kier alpha value is -13.6. The maximum Gasteiger partial charge on any atom is 0.333 e. The number of pyridine rings is 4. The topological polar surface area (TPSA) is 293 Å². The quantitative estimate of drug-likeness (QED) is 0.0781. The fourth-order valence-electron chi connectivity index (χ4n) is 19.2. The largest absolute Gasteiger partial charge is 0.361 e. The van der Waals surface area contributed by atoms with Crippen LogP contribution in [0.1, 0.15) is 179 Å². The molecule has 678 valence electrons. The number of nitrogens with one attached hydrogen (secondary N) is 1. The van der Waals surface area contributed by atoms with Crippen LogP contribution < -0.4 is 5.32 Å². The molecule has 4 fully saturated rings. The summed E-state index contributed by atoms with van der Waals surface area (Å²) in [5.74, 6) is 3.50. The van der Waals surface area contributed by atoms with E-state index in [9.17, 15) is 31.5 Å². The Labute approximate surface area is 752 Å². The number of carbonyl (C=O) groups excluding carboxylic acids is 2. The van der Waals surface area contributed by atoms with Crippen molar-refractivity contribution in [3.05, 3.63) is 205 Å². The van der Waals surface area contributed by atoms with Gasteiger partial charge in [0, 0.05) is 210 Å².